The van der Waals surface area contributed by atoms with E-state index in [9.17, 15) is 15.0 Å². The van der Waals surface area contributed by atoms with Crippen molar-refractivity contribution in [2.45, 2.75) is 17.9 Å². The Bertz CT molecular complexity index is 476. The number of ether oxygens (including phenoxy) is 1. The van der Waals surface area contributed by atoms with Gasteiger partial charge in [0.1, 0.15) is 18.0 Å². The van der Waals surface area contributed by atoms with E-state index in [1.165, 1.54) is 12.3 Å². The van der Waals surface area contributed by atoms with Gasteiger partial charge in [0, 0.05) is 6.20 Å². The van der Waals surface area contributed by atoms with Crippen molar-refractivity contribution >= 4 is 5.82 Å². The topological polar surface area (TPSA) is 131 Å². The standard InChI is InChI=1S/C9H13N3O5/c10-7-1-2-12(8(15)11-7)9(16)5(14)4-17-6(9)3-13/h1-2,5-6,13-14,16H,3-4H2,(H2,10,11,15)/t5-,6-,9-/m1/s1. The van der Waals surface area contributed by atoms with Gasteiger partial charge in [0.05, 0.1) is 13.2 Å². The molecule has 17 heavy (non-hydrogen) atoms. The van der Waals surface area contributed by atoms with Crippen LogP contribution in [0.4, 0.5) is 5.82 Å². The van der Waals surface area contributed by atoms with Crippen LogP contribution in [0, 0.1) is 0 Å². The van der Waals surface area contributed by atoms with Crippen molar-refractivity contribution in [3.63, 3.8) is 0 Å². The fourth-order valence-electron chi connectivity index (χ4n) is 1.86. The fourth-order valence-corrected chi connectivity index (χ4v) is 1.86. The molecule has 2 rings (SSSR count). The van der Waals surface area contributed by atoms with Crippen LogP contribution in [-0.2, 0) is 10.5 Å². The summed E-state index contributed by atoms with van der Waals surface area (Å²) in [6, 6.07) is 1.30. The number of nitrogen functional groups attached to an aromatic ring is 1. The zero-order valence-corrected chi connectivity index (χ0v) is 8.85. The first-order chi connectivity index (χ1) is 8.00. The highest BCUT2D eigenvalue weighted by Gasteiger charge is 2.52. The molecule has 1 fully saturated rings. The van der Waals surface area contributed by atoms with E-state index in [2.05, 4.69) is 4.98 Å². The zero-order chi connectivity index (χ0) is 12.6. The van der Waals surface area contributed by atoms with Crippen molar-refractivity contribution < 1.29 is 20.1 Å². The minimum absolute atomic E-state index is 0.00352. The number of aliphatic hydroxyl groups excluding tert-OH is 2. The van der Waals surface area contributed by atoms with Gasteiger partial charge in [-0.05, 0) is 6.07 Å². The predicted molar refractivity (Wildman–Crippen MR) is 55.9 cm³/mol. The molecule has 1 saturated heterocycles. The van der Waals surface area contributed by atoms with E-state index < -0.39 is 30.2 Å². The van der Waals surface area contributed by atoms with E-state index in [0.717, 1.165) is 4.57 Å². The Labute approximate surface area is 95.9 Å². The Morgan fingerprint density at radius 2 is 2.41 bits per heavy atom. The van der Waals surface area contributed by atoms with Crippen molar-refractivity contribution in [1.82, 2.24) is 9.55 Å². The maximum absolute atomic E-state index is 11.6. The molecule has 0 radical (unpaired) electrons. The minimum Gasteiger partial charge on any atom is -0.393 e. The predicted octanol–water partition coefficient (Wildman–Crippen LogP) is -2.78. The Morgan fingerprint density at radius 3 is 3.00 bits per heavy atom. The first-order valence-corrected chi connectivity index (χ1v) is 4.98. The molecular formula is C9H13N3O5. The number of nitrogens with two attached hydrogens (primary N) is 1. The second-order valence-corrected chi connectivity index (χ2v) is 3.81. The SMILES string of the molecule is Nc1ccn([C@@]2(O)[C@H](O)CO[C@@H]2CO)c(=O)n1. The molecule has 0 amide bonds. The van der Waals surface area contributed by atoms with E-state index in [1.807, 2.05) is 0 Å². The Morgan fingerprint density at radius 1 is 1.71 bits per heavy atom. The van der Waals surface area contributed by atoms with Gasteiger partial charge in [-0.1, -0.05) is 0 Å². The molecule has 1 aliphatic rings. The minimum atomic E-state index is -2.04. The van der Waals surface area contributed by atoms with Gasteiger partial charge >= 0.3 is 5.69 Å². The molecule has 1 aliphatic heterocycles. The average molecular weight is 243 g/mol. The third kappa shape index (κ3) is 1.71. The third-order valence-electron chi connectivity index (χ3n) is 2.80. The van der Waals surface area contributed by atoms with Gasteiger partial charge in [-0.25, -0.2) is 4.79 Å². The summed E-state index contributed by atoms with van der Waals surface area (Å²) in [6.07, 6.45) is -1.23. The molecule has 3 atom stereocenters. The fraction of sp³-hybridized carbons (Fsp3) is 0.556. The quantitative estimate of drug-likeness (QED) is 0.442. The van der Waals surface area contributed by atoms with Crippen LogP contribution in [0.15, 0.2) is 17.1 Å². The van der Waals surface area contributed by atoms with E-state index in [0.29, 0.717) is 0 Å². The van der Waals surface area contributed by atoms with E-state index in [1.54, 1.807) is 0 Å². The first-order valence-electron chi connectivity index (χ1n) is 4.98. The molecule has 94 valence electrons. The molecule has 0 aromatic carbocycles. The summed E-state index contributed by atoms with van der Waals surface area (Å²) >= 11 is 0. The van der Waals surface area contributed by atoms with E-state index in [-0.39, 0.29) is 12.4 Å². The number of hydrogen-bond acceptors (Lipinski definition) is 7. The summed E-state index contributed by atoms with van der Waals surface area (Å²) in [5, 5.41) is 29.1. The monoisotopic (exact) mass is 243 g/mol. The summed E-state index contributed by atoms with van der Waals surface area (Å²) in [5.74, 6) is 0.00352. The van der Waals surface area contributed by atoms with Gasteiger partial charge in [0.2, 0.25) is 5.72 Å². The van der Waals surface area contributed by atoms with Crippen molar-refractivity contribution in [2.75, 3.05) is 18.9 Å². The van der Waals surface area contributed by atoms with E-state index >= 15 is 0 Å². The summed E-state index contributed by atoms with van der Waals surface area (Å²) < 4.78 is 5.81. The Kier molecular flexibility index (Phi) is 2.87. The van der Waals surface area contributed by atoms with Crippen LogP contribution < -0.4 is 11.4 Å². The first kappa shape index (κ1) is 12.0. The van der Waals surface area contributed by atoms with Crippen molar-refractivity contribution in [2.24, 2.45) is 0 Å². The lowest BCUT2D eigenvalue weighted by atomic mass is 10.0. The number of nitrogens with zero attached hydrogens (tertiary/aromatic N) is 2. The summed E-state index contributed by atoms with van der Waals surface area (Å²) in [4.78, 5) is 15.0. The molecule has 0 aliphatic carbocycles. The Balaban J connectivity index is 2.53. The molecule has 1 aromatic rings. The second kappa shape index (κ2) is 4.08. The molecular weight excluding hydrogens is 230 g/mol. The Hall–Kier alpha value is -1.48. The van der Waals surface area contributed by atoms with Crippen molar-refractivity contribution in [3.8, 4) is 0 Å². The van der Waals surface area contributed by atoms with Crippen LogP contribution in [0.1, 0.15) is 0 Å². The van der Waals surface area contributed by atoms with Gasteiger partial charge in [0.25, 0.3) is 0 Å². The highest BCUT2D eigenvalue weighted by Crippen LogP contribution is 2.29. The largest absolute Gasteiger partial charge is 0.393 e. The van der Waals surface area contributed by atoms with Gasteiger partial charge in [0.15, 0.2) is 0 Å². The van der Waals surface area contributed by atoms with Crippen LogP contribution >= 0.6 is 0 Å². The lowest BCUT2D eigenvalue weighted by Gasteiger charge is -2.31. The highest BCUT2D eigenvalue weighted by atomic mass is 16.6. The molecule has 8 nitrogen and oxygen atoms in total. The maximum atomic E-state index is 11.6. The molecule has 5 N–H and O–H groups in total. The third-order valence-corrected chi connectivity index (χ3v) is 2.80. The number of rotatable bonds is 2. The molecule has 8 heteroatoms. The molecule has 2 heterocycles. The number of aliphatic hydroxyl groups is 3. The van der Waals surface area contributed by atoms with Crippen LogP contribution in [0.5, 0.6) is 0 Å². The molecule has 0 unspecified atom stereocenters. The lowest BCUT2D eigenvalue weighted by molar-refractivity contribution is -0.152. The van der Waals surface area contributed by atoms with Gasteiger partial charge in [-0.3, -0.25) is 4.57 Å². The van der Waals surface area contributed by atoms with Crippen LogP contribution in [0.3, 0.4) is 0 Å². The highest BCUT2D eigenvalue weighted by molar-refractivity contribution is 5.24. The van der Waals surface area contributed by atoms with E-state index in [4.69, 9.17) is 15.6 Å². The normalized spacial score (nSPS) is 32.9. The maximum Gasteiger partial charge on any atom is 0.352 e. The zero-order valence-electron chi connectivity index (χ0n) is 8.85. The summed E-state index contributed by atoms with van der Waals surface area (Å²) in [5.41, 5.74) is 2.46. The smallest absolute Gasteiger partial charge is 0.352 e. The number of aromatic nitrogens is 2. The molecule has 1 aromatic heterocycles. The molecule has 0 spiro atoms. The van der Waals surface area contributed by atoms with Crippen molar-refractivity contribution in [1.29, 1.82) is 0 Å². The average Bonchev–Trinajstić information content (AvgIpc) is 2.56. The number of hydrogen-bond donors (Lipinski definition) is 4. The van der Waals surface area contributed by atoms with Crippen molar-refractivity contribution in [3.05, 3.63) is 22.7 Å². The van der Waals surface area contributed by atoms with Gasteiger partial charge in [-0.15, -0.1) is 0 Å². The number of anilines is 1. The van der Waals surface area contributed by atoms with Crippen LogP contribution in [0.2, 0.25) is 0 Å². The second-order valence-electron chi connectivity index (χ2n) is 3.81. The summed E-state index contributed by atoms with van der Waals surface area (Å²) in [6.45, 7) is -0.719. The molecule has 0 bridgehead atoms. The lowest BCUT2D eigenvalue weighted by Crippen LogP contribution is -2.55. The van der Waals surface area contributed by atoms with Crippen LogP contribution in [-0.4, -0.2) is 50.3 Å². The summed E-state index contributed by atoms with van der Waals surface area (Å²) in [7, 11) is 0. The van der Waals surface area contributed by atoms with Gasteiger partial charge < -0.3 is 25.8 Å². The van der Waals surface area contributed by atoms with Gasteiger partial charge in [-0.2, -0.15) is 4.98 Å². The molecule has 0 saturated carbocycles. The van der Waals surface area contributed by atoms with Crippen LogP contribution in [0.25, 0.3) is 0 Å².